The van der Waals surface area contributed by atoms with E-state index < -0.39 is 0 Å². The number of piperazine rings is 1. The summed E-state index contributed by atoms with van der Waals surface area (Å²) in [7, 11) is 2.10. The molecule has 0 spiro atoms. The van der Waals surface area contributed by atoms with Crippen LogP contribution in [0, 0.1) is 6.92 Å². The minimum Gasteiger partial charge on any atom is -0.338 e. The Hall–Kier alpha value is -1.80. The molecule has 0 aliphatic carbocycles. The highest BCUT2D eigenvalue weighted by Gasteiger charge is 2.31. The maximum absolute atomic E-state index is 5.37. The summed E-state index contributed by atoms with van der Waals surface area (Å²) < 4.78 is 7.37. The van der Waals surface area contributed by atoms with Crippen LogP contribution in [-0.2, 0) is 12.1 Å². The normalized spacial score (nSPS) is 21.0. The van der Waals surface area contributed by atoms with Crippen LogP contribution in [0.15, 0.2) is 10.9 Å². The van der Waals surface area contributed by atoms with E-state index in [1.807, 2.05) is 11.6 Å². The van der Waals surface area contributed by atoms with Gasteiger partial charge in [0.25, 0.3) is 0 Å². The zero-order valence-corrected chi connectivity index (χ0v) is 14.5. The summed E-state index contributed by atoms with van der Waals surface area (Å²) in [6, 6.07) is 0.121. The van der Waals surface area contributed by atoms with Crippen LogP contribution < -0.4 is 0 Å². The van der Waals surface area contributed by atoms with Crippen LogP contribution in [0.2, 0.25) is 0 Å². The molecule has 1 fully saturated rings. The smallest absolute Gasteiger partial charge is 0.245 e. The van der Waals surface area contributed by atoms with E-state index in [4.69, 9.17) is 4.52 Å². The van der Waals surface area contributed by atoms with Gasteiger partial charge in [0.2, 0.25) is 5.89 Å². The molecule has 2 aromatic heterocycles. The standard InChI is InChI=1S/C15H25N7O/c1-11-18-14(23-19-11)12-8-21(7-6-20(12)5)9-13-16-10-17-22(13)15(2,3)4/h10,12H,6-9H2,1-5H3/t12-/m1/s1. The lowest BCUT2D eigenvalue weighted by Gasteiger charge is -2.37. The average Bonchev–Trinajstić information content (AvgIpc) is 3.09. The first kappa shape index (κ1) is 16.1. The molecule has 126 valence electrons. The van der Waals surface area contributed by atoms with Gasteiger partial charge in [0.05, 0.1) is 12.1 Å². The fourth-order valence-corrected chi connectivity index (χ4v) is 2.92. The number of aromatic nitrogens is 5. The molecule has 1 aliphatic rings. The minimum atomic E-state index is -0.0680. The molecule has 1 aliphatic heterocycles. The molecule has 0 aromatic carbocycles. The van der Waals surface area contributed by atoms with Gasteiger partial charge >= 0.3 is 0 Å². The first-order valence-electron chi connectivity index (χ1n) is 7.97. The molecular formula is C15H25N7O. The van der Waals surface area contributed by atoms with Crippen molar-refractivity contribution < 1.29 is 4.52 Å². The Morgan fingerprint density at radius 1 is 1.30 bits per heavy atom. The number of aryl methyl sites for hydroxylation is 1. The Labute approximate surface area is 136 Å². The van der Waals surface area contributed by atoms with E-state index in [9.17, 15) is 0 Å². The summed E-state index contributed by atoms with van der Waals surface area (Å²) in [5, 5.41) is 8.29. The quantitative estimate of drug-likeness (QED) is 0.841. The Kier molecular flexibility index (Phi) is 4.20. The molecule has 8 heteroatoms. The second-order valence-electron chi connectivity index (χ2n) is 7.17. The van der Waals surface area contributed by atoms with Gasteiger partial charge < -0.3 is 4.52 Å². The fourth-order valence-electron chi connectivity index (χ4n) is 2.92. The Morgan fingerprint density at radius 3 is 2.74 bits per heavy atom. The summed E-state index contributed by atoms with van der Waals surface area (Å²) in [6.45, 7) is 11.8. The van der Waals surface area contributed by atoms with Crippen LogP contribution in [0.1, 0.15) is 44.4 Å². The number of likely N-dealkylation sites (N-methyl/N-ethyl adjacent to an activating group) is 1. The van der Waals surface area contributed by atoms with Crippen molar-refractivity contribution in [2.45, 2.75) is 45.8 Å². The van der Waals surface area contributed by atoms with Gasteiger partial charge in [-0.15, -0.1) is 0 Å². The Balaban J connectivity index is 1.73. The summed E-state index contributed by atoms with van der Waals surface area (Å²) in [4.78, 5) is 13.5. The number of nitrogens with zero attached hydrogens (tertiary/aromatic N) is 7. The molecule has 0 N–H and O–H groups in total. The van der Waals surface area contributed by atoms with Gasteiger partial charge in [-0.1, -0.05) is 5.16 Å². The van der Waals surface area contributed by atoms with Crippen molar-refractivity contribution in [1.29, 1.82) is 0 Å². The third kappa shape index (κ3) is 3.42. The molecule has 0 bridgehead atoms. The van der Waals surface area contributed by atoms with E-state index >= 15 is 0 Å². The maximum atomic E-state index is 5.37. The van der Waals surface area contributed by atoms with Gasteiger partial charge in [0.15, 0.2) is 5.82 Å². The first-order valence-corrected chi connectivity index (χ1v) is 7.97. The average molecular weight is 319 g/mol. The lowest BCUT2D eigenvalue weighted by molar-refractivity contribution is 0.0680. The van der Waals surface area contributed by atoms with Gasteiger partial charge in [-0.25, -0.2) is 9.67 Å². The van der Waals surface area contributed by atoms with Crippen molar-refractivity contribution in [3.63, 3.8) is 0 Å². The van der Waals surface area contributed by atoms with E-state index in [0.717, 1.165) is 32.0 Å². The van der Waals surface area contributed by atoms with E-state index in [0.29, 0.717) is 11.7 Å². The number of hydrogen-bond donors (Lipinski definition) is 0. The fraction of sp³-hybridized carbons (Fsp3) is 0.733. The van der Waals surface area contributed by atoms with Crippen molar-refractivity contribution >= 4 is 0 Å². The third-order valence-electron chi connectivity index (χ3n) is 4.18. The molecule has 1 saturated heterocycles. The summed E-state index contributed by atoms with van der Waals surface area (Å²) in [5.41, 5.74) is -0.0680. The lowest BCUT2D eigenvalue weighted by Crippen LogP contribution is -2.46. The van der Waals surface area contributed by atoms with Crippen molar-refractivity contribution in [1.82, 2.24) is 34.7 Å². The molecule has 8 nitrogen and oxygen atoms in total. The lowest BCUT2D eigenvalue weighted by atomic mass is 10.1. The topological polar surface area (TPSA) is 76.1 Å². The third-order valence-corrected chi connectivity index (χ3v) is 4.18. The summed E-state index contributed by atoms with van der Waals surface area (Å²) in [6.07, 6.45) is 1.63. The van der Waals surface area contributed by atoms with Gasteiger partial charge in [-0.3, -0.25) is 9.80 Å². The van der Waals surface area contributed by atoms with E-state index in [1.54, 1.807) is 6.33 Å². The van der Waals surface area contributed by atoms with Crippen LogP contribution in [0.3, 0.4) is 0 Å². The number of rotatable bonds is 3. The molecule has 0 saturated carbocycles. The Bertz CT molecular complexity index is 657. The van der Waals surface area contributed by atoms with Crippen LogP contribution in [0.4, 0.5) is 0 Å². The SMILES string of the molecule is Cc1noc([C@H]2CN(Cc3ncnn3C(C)(C)C)CCN2C)n1. The zero-order valence-electron chi connectivity index (χ0n) is 14.5. The molecule has 0 amide bonds. The van der Waals surface area contributed by atoms with Crippen LogP contribution in [0.25, 0.3) is 0 Å². The summed E-state index contributed by atoms with van der Waals surface area (Å²) >= 11 is 0. The first-order chi connectivity index (χ1) is 10.8. The van der Waals surface area contributed by atoms with Gasteiger partial charge in [-0.05, 0) is 34.7 Å². The molecular weight excluding hydrogens is 294 g/mol. The largest absolute Gasteiger partial charge is 0.338 e. The van der Waals surface area contributed by atoms with Gasteiger partial charge in [-0.2, -0.15) is 10.1 Å². The summed E-state index contributed by atoms with van der Waals surface area (Å²) in [5.74, 6) is 2.35. The monoisotopic (exact) mass is 319 g/mol. The van der Waals surface area contributed by atoms with E-state index in [1.165, 1.54) is 0 Å². The van der Waals surface area contributed by atoms with Crippen LogP contribution in [0.5, 0.6) is 0 Å². The van der Waals surface area contributed by atoms with Crippen molar-refractivity contribution in [2.75, 3.05) is 26.7 Å². The Morgan fingerprint density at radius 2 is 2.09 bits per heavy atom. The predicted octanol–water partition coefficient (Wildman–Crippen LogP) is 1.21. The highest BCUT2D eigenvalue weighted by molar-refractivity contribution is 4.98. The van der Waals surface area contributed by atoms with E-state index in [-0.39, 0.29) is 11.6 Å². The van der Waals surface area contributed by atoms with Crippen molar-refractivity contribution in [3.05, 3.63) is 23.9 Å². The van der Waals surface area contributed by atoms with Gasteiger partial charge in [0, 0.05) is 19.6 Å². The second kappa shape index (κ2) is 6.01. The highest BCUT2D eigenvalue weighted by atomic mass is 16.5. The molecule has 1 atom stereocenters. The zero-order chi connectivity index (χ0) is 16.6. The van der Waals surface area contributed by atoms with Crippen LogP contribution >= 0.6 is 0 Å². The predicted molar refractivity (Wildman–Crippen MR) is 84.7 cm³/mol. The van der Waals surface area contributed by atoms with Crippen LogP contribution in [-0.4, -0.2) is 61.4 Å². The van der Waals surface area contributed by atoms with Crippen molar-refractivity contribution in [2.24, 2.45) is 0 Å². The van der Waals surface area contributed by atoms with Crippen molar-refractivity contribution in [3.8, 4) is 0 Å². The molecule has 0 radical (unpaired) electrons. The molecule has 3 rings (SSSR count). The number of hydrogen-bond acceptors (Lipinski definition) is 7. The molecule has 2 aromatic rings. The maximum Gasteiger partial charge on any atom is 0.245 e. The molecule has 23 heavy (non-hydrogen) atoms. The highest BCUT2D eigenvalue weighted by Crippen LogP contribution is 2.24. The van der Waals surface area contributed by atoms with E-state index in [2.05, 4.69) is 57.8 Å². The second-order valence-corrected chi connectivity index (χ2v) is 7.17. The molecule has 0 unspecified atom stereocenters. The minimum absolute atomic E-state index is 0.0680. The van der Waals surface area contributed by atoms with Gasteiger partial charge in [0.1, 0.15) is 18.2 Å². The molecule has 3 heterocycles.